The SMILES string of the molecule is Nc1ccc(NC(=O)CSC2CCCC2)cc1C(F)(F)F. The maximum atomic E-state index is 12.7. The third kappa shape index (κ3) is 4.56. The van der Waals surface area contributed by atoms with E-state index < -0.39 is 11.7 Å². The second kappa shape index (κ2) is 6.60. The van der Waals surface area contributed by atoms with Crippen molar-refractivity contribution in [2.24, 2.45) is 0 Å². The van der Waals surface area contributed by atoms with E-state index in [0.29, 0.717) is 5.25 Å². The van der Waals surface area contributed by atoms with Crippen molar-refractivity contribution in [3.63, 3.8) is 0 Å². The summed E-state index contributed by atoms with van der Waals surface area (Å²) in [6, 6.07) is 3.40. The largest absolute Gasteiger partial charge is 0.418 e. The topological polar surface area (TPSA) is 55.1 Å². The highest BCUT2D eigenvalue weighted by Crippen LogP contribution is 2.35. The van der Waals surface area contributed by atoms with Crippen LogP contribution in [-0.2, 0) is 11.0 Å². The van der Waals surface area contributed by atoms with E-state index in [-0.39, 0.29) is 23.0 Å². The normalized spacial score (nSPS) is 16.1. The molecule has 0 saturated heterocycles. The van der Waals surface area contributed by atoms with Gasteiger partial charge in [-0.3, -0.25) is 4.79 Å². The summed E-state index contributed by atoms with van der Waals surface area (Å²) < 4.78 is 38.2. The molecule has 1 saturated carbocycles. The van der Waals surface area contributed by atoms with Crippen LogP contribution in [0.1, 0.15) is 31.2 Å². The molecule has 0 aliphatic heterocycles. The fourth-order valence-electron chi connectivity index (χ4n) is 2.33. The molecule has 1 aromatic rings. The van der Waals surface area contributed by atoms with Gasteiger partial charge in [0, 0.05) is 16.6 Å². The minimum Gasteiger partial charge on any atom is -0.398 e. The van der Waals surface area contributed by atoms with Gasteiger partial charge < -0.3 is 11.1 Å². The molecule has 0 spiro atoms. The number of anilines is 2. The Morgan fingerprint density at radius 2 is 2.00 bits per heavy atom. The molecular weight excluding hydrogens is 301 g/mol. The lowest BCUT2D eigenvalue weighted by Gasteiger charge is -2.13. The number of halogens is 3. The Kier molecular flexibility index (Phi) is 5.03. The van der Waals surface area contributed by atoms with Crippen LogP contribution in [-0.4, -0.2) is 16.9 Å². The minimum absolute atomic E-state index is 0.119. The Balaban J connectivity index is 1.94. The van der Waals surface area contributed by atoms with E-state index in [1.807, 2.05) is 0 Å². The molecule has 0 unspecified atom stereocenters. The van der Waals surface area contributed by atoms with Crippen molar-refractivity contribution in [3.05, 3.63) is 23.8 Å². The molecular formula is C14H17F3N2OS. The number of amides is 1. The van der Waals surface area contributed by atoms with Crippen molar-refractivity contribution in [2.45, 2.75) is 37.1 Å². The first-order chi connectivity index (χ1) is 9.86. The van der Waals surface area contributed by atoms with Gasteiger partial charge in [-0.2, -0.15) is 13.2 Å². The van der Waals surface area contributed by atoms with Gasteiger partial charge in [0.15, 0.2) is 0 Å². The average Bonchev–Trinajstić information content (AvgIpc) is 2.90. The van der Waals surface area contributed by atoms with Gasteiger partial charge in [-0.15, -0.1) is 11.8 Å². The summed E-state index contributed by atoms with van der Waals surface area (Å²) >= 11 is 1.57. The number of alkyl halides is 3. The Hall–Kier alpha value is -1.37. The Labute approximate surface area is 125 Å². The van der Waals surface area contributed by atoms with E-state index in [1.54, 1.807) is 11.8 Å². The van der Waals surface area contributed by atoms with Crippen LogP contribution in [0.2, 0.25) is 0 Å². The summed E-state index contributed by atoms with van der Waals surface area (Å²) in [7, 11) is 0. The number of carbonyl (C=O) groups excluding carboxylic acids is 1. The number of nitrogens with one attached hydrogen (secondary N) is 1. The highest BCUT2D eigenvalue weighted by atomic mass is 32.2. The predicted octanol–water partition coefficient (Wildman–Crippen LogP) is 3.90. The number of carbonyl (C=O) groups is 1. The van der Waals surface area contributed by atoms with Gasteiger partial charge in [0.1, 0.15) is 0 Å². The van der Waals surface area contributed by atoms with Crippen LogP contribution >= 0.6 is 11.8 Å². The molecule has 0 atom stereocenters. The Bertz CT molecular complexity index is 513. The van der Waals surface area contributed by atoms with Crippen LogP contribution < -0.4 is 11.1 Å². The summed E-state index contributed by atoms with van der Waals surface area (Å²) in [5.74, 6) is -0.0269. The molecule has 116 valence electrons. The molecule has 1 amide bonds. The van der Waals surface area contributed by atoms with Crippen LogP contribution in [0.5, 0.6) is 0 Å². The first-order valence-corrected chi connectivity index (χ1v) is 7.79. The van der Waals surface area contributed by atoms with Gasteiger partial charge in [0.25, 0.3) is 0 Å². The number of benzene rings is 1. The van der Waals surface area contributed by atoms with E-state index >= 15 is 0 Å². The summed E-state index contributed by atoms with van der Waals surface area (Å²) in [4.78, 5) is 11.8. The Morgan fingerprint density at radius 3 is 2.62 bits per heavy atom. The van der Waals surface area contributed by atoms with Crippen LogP contribution in [0, 0.1) is 0 Å². The highest BCUT2D eigenvalue weighted by Gasteiger charge is 2.33. The van der Waals surface area contributed by atoms with Crippen molar-refractivity contribution >= 4 is 29.0 Å². The van der Waals surface area contributed by atoms with Crippen molar-refractivity contribution in [3.8, 4) is 0 Å². The Morgan fingerprint density at radius 1 is 1.33 bits per heavy atom. The summed E-state index contributed by atoms with van der Waals surface area (Å²) in [5.41, 5.74) is 4.16. The second-order valence-corrected chi connectivity index (χ2v) is 6.35. The molecule has 1 aliphatic rings. The number of nitrogen functional groups attached to an aromatic ring is 1. The average molecular weight is 318 g/mol. The lowest BCUT2D eigenvalue weighted by atomic mass is 10.1. The van der Waals surface area contributed by atoms with Crippen LogP contribution in [0.25, 0.3) is 0 Å². The third-order valence-corrected chi connectivity index (χ3v) is 4.77. The zero-order valence-corrected chi connectivity index (χ0v) is 12.2. The second-order valence-electron chi connectivity index (χ2n) is 5.07. The van der Waals surface area contributed by atoms with Crippen molar-refractivity contribution in [1.29, 1.82) is 0 Å². The van der Waals surface area contributed by atoms with E-state index in [1.165, 1.54) is 18.9 Å². The van der Waals surface area contributed by atoms with Crippen LogP contribution in [0.4, 0.5) is 24.5 Å². The standard InChI is InChI=1S/C14H17F3N2OS/c15-14(16,17)11-7-9(5-6-12(11)18)19-13(20)8-21-10-3-1-2-4-10/h5-7,10H,1-4,8,18H2,(H,19,20). The molecule has 2 rings (SSSR count). The monoisotopic (exact) mass is 318 g/mol. The lowest BCUT2D eigenvalue weighted by molar-refractivity contribution is -0.136. The van der Waals surface area contributed by atoms with Gasteiger partial charge in [0.2, 0.25) is 5.91 Å². The summed E-state index contributed by atoms with van der Waals surface area (Å²) in [6.45, 7) is 0. The van der Waals surface area contributed by atoms with E-state index in [0.717, 1.165) is 25.0 Å². The number of hydrogen-bond acceptors (Lipinski definition) is 3. The van der Waals surface area contributed by atoms with Crippen LogP contribution in [0.3, 0.4) is 0 Å². The number of nitrogens with two attached hydrogens (primary N) is 1. The zero-order chi connectivity index (χ0) is 15.5. The fourth-order valence-corrected chi connectivity index (χ4v) is 3.45. The zero-order valence-electron chi connectivity index (χ0n) is 11.4. The number of rotatable bonds is 4. The summed E-state index contributed by atoms with van der Waals surface area (Å²) in [6.07, 6.45) is 0.0673. The molecule has 21 heavy (non-hydrogen) atoms. The first-order valence-electron chi connectivity index (χ1n) is 6.74. The lowest BCUT2D eigenvalue weighted by Crippen LogP contribution is -2.17. The van der Waals surface area contributed by atoms with E-state index in [4.69, 9.17) is 5.73 Å². The predicted molar refractivity (Wildman–Crippen MR) is 79.2 cm³/mol. The quantitative estimate of drug-likeness (QED) is 0.828. The minimum atomic E-state index is -4.52. The molecule has 1 aliphatic carbocycles. The smallest absolute Gasteiger partial charge is 0.398 e. The van der Waals surface area contributed by atoms with Crippen molar-refractivity contribution in [1.82, 2.24) is 0 Å². The maximum Gasteiger partial charge on any atom is 0.418 e. The van der Waals surface area contributed by atoms with Gasteiger partial charge in [-0.25, -0.2) is 0 Å². The number of hydrogen-bond donors (Lipinski definition) is 2. The van der Waals surface area contributed by atoms with Crippen molar-refractivity contribution in [2.75, 3.05) is 16.8 Å². The first kappa shape index (κ1) is 16.0. The summed E-state index contributed by atoms with van der Waals surface area (Å²) in [5, 5.41) is 2.98. The molecule has 0 radical (unpaired) electrons. The third-order valence-electron chi connectivity index (χ3n) is 3.39. The van der Waals surface area contributed by atoms with Crippen LogP contribution in [0.15, 0.2) is 18.2 Å². The van der Waals surface area contributed by atoms with Gasteiger partial charge >= 0.3 is 6.18 Å². The van der Waals surface area contributed by atoms with Gasteiger partial charge in [-0.05, 0) is 31.0 Å². The highest BCUT2D eigenvalue weighted by molar-refractivity contribution is 8.00. The van der Waals surface area contributed by atoms with Gasteiger partial charge in [0.05, 0.1) is 11.3 Å². The van der Waals surface area contributed by atoms with E-state index in [2.05, 4.69) is 5.32 Å². The molecule has 7 heteroatoms. The fraction of sp³-hybridized carbons (Fsp3) is 0.500. The molecule has 1 aromatic carbocycles. The molecule has 0 aromatic heterocycles. The van der Waals surface area contributed by atoms with E-state index in [9.17, 15) is 18.0 Å². The van der Waals surface area contributed by atoms with Gasteiger partial charge in [-0.1, -0.05) is 12.8 Å². The molecule has 3 N–H and O–H groups in total. The van der Waals surface area contributed by atoms with Crippen molar-refractivity contribution < 1.29 is 18.0 Å². The molecule has 0 bridgehead atoms. The molecule has 1 fully saturated rings. The molecule has 3 nitrogen and oxygen atoms in total. The number of thioether (sulfide) groups is 1. The molecule has 0 heterocycles. The maximum absolute atomic E-state index is 12.7.